The maximum Gasteiger partial charge on any atom is 0.321 e. The molecular weight excluding hydrogens is 442 g/mol. The fraction of sp³-hybridized carbons (Fsp3) is 0.364. The predicted octanol–water partition coefficient (Wildman–Crippen LogP) is 2.89. The van der Waals surface area contributed by atoms with Gasteiger partial charge in [0.2, 0.25) is 10.0 Å². The van der Waals surface area contributed by atoms with E-state index in [1.807, 2.05) is 4.90 Å². The van der Waals surface area contributed by atoms with Gasteiger partial charge in [0.25, 0.3) is 0 Å². The van der Waals surface area contributed by atoms with Gasteiger partial charge in [-0.25, -0.2) is 17.2 Å². The number of benzene rings is 2. The number of ether oxygens (including phenoxy) is 1. The fourth-order valence-electron chi connectivity index (χ4n) is 3.42. The average Bonchev–Trinajstić information content (AvgIpc) is 2.76. The molecule has 0 spiro atoms. The summed E-state index contributed by atoms with van der Waals surface area (Å²) in [6.45, 7) is 1.55. The van der Waals surface area contributed by atoms with Crippen molar-refractivity contribution in [3.63, 3.8) is 0 Å². The molecule has 2 aromatic rings. The van der Waals surface area contributed by atoms with E-state index >= 15 is 0 Å². The highest BCUT2D eigenvalue weighted by atomic mass is 32.2. The molecule has 1 heterocycles. The zero-order valence-corrected chi connectivity index (χ0v) is 18.4. The quantitative estimate of drug-likeness (QED) is 0.557. The Morgan fingerprint density at radius 1 is 1.09 bits per heavy atom. The molecule has 10 heteroatoms. The molecule has 0 amide bonds. The maximum absolute atomic E-state index is 14.2. The minimum absolute atomic E-state index is 0.0497. The SMILES string of the molecule is CCOC(=O)CN(Cc1cc(F)ccc1F)S(=O)(=O)c1ccc(N2CCC(=O)CC2)cc1. The summed E-state index contributed by atoms with van der Waals surface area (Å²) in [5, 5.41) is 0. The number of piperidine rings is 1. The normalized spacial score (nSPS) is 14.6. The lowest BCUT2D eigenvalue weighted by Crippen LogP contribution is -2.36. The Morgan fingerprint density at radius 3 is 2.38 bits per heavy atom. The summed E-state index contributed by atoms with van der Waals surface area (Å²) >= 11 is 0. The first kappa shape index (κ1) is 23.8. The number of ketones is 1. The molecule has 32 heavy (non-hydrogen) atoms. The van der Waals surface area contributed by atoms with Crippen molar-refractivity contribution in [2.75, 3.05) is 31.1 Å². The van der Waals surface area contributed by atoms with Crippen molar-refractivity contribution < 1.29 is 31.5 Å². The Hall–Kier alpha value is -2.85. The number of esters is 1. The van der Waals surface area contributed by atoms with Crippen LogP contribution >= 0.6 is 0 Å². The Labute approximate surface area is 185 Å². The minimum atomic E-state index is -4.23. The van der Waals surface area contributed by atoms with E-state index < -0.39 is 40.7 Å². The Kier molecular flexibility index (Phi) is 7.57. The van der Waals surface area contributed by atoms with E-state index in [-0.39, 0.29) is 22.8 Å². The first-order chi connectivity index (χ1) is 15.2. The zero-order valence-electron chi connectivity index (χ0n) is 17.6. The van der Waals surface area contributed by atoms with Gasteiger partial charge >= 0.3 is 5.97 Å². The third-order valence-electron chi connectivity index (χ3n) is 5.13. The number of nitrogens with zero attached hydrogens (tertiary/aromatic N) is 2. The number of hydrogen-bond donors (Lipinski definition) is 0. The number of carbonyl (C=O) groups excluding carboxylic acids is 2. The molecule has 7 nitrogen and oxygen atoms in total. The zero-order chi connectivity index (χ0) is 23.3. The van der Waals surface area contributed by atoms with Crippen molar-refractivity contribution in [1.29, 1.82) is 0 Å². The molecule has 1 aliphatic heterocycles. The number of carbonyl (C=O) groups is 2. The van der Waals surface area contributed by atoms with E-state index in [9.17, 15) is 26.8 Å². The van der Waals surface area contributed by atoms with E-state index in [4.69, 9.17) is 4.74 Å². The van der Waals surface area contributed by atoms with E-state index in [1.165, 1.54) is 12.1 Å². The van der Waals surface area contributed by atoms with Crippen LogP contribution in [-0.2, 0) is 30.9 Å². The molecule has 0 N–H and O–H groups in total. The smallest absolute Gasteiger partial charge is 0.321 e. The van der Waals surface area contributed by atoms with Crippen LogP contribution in [0.25, 0.3) is 0 Å². The third kappa shape index (κ3) is 5.68. The topological polar surface area (TPSA) is 84.0 Å². The van der Waals surface area contributed by atoms with Gasteiger partial charge < -0.3 is 9.64 Å². The summed E-state index contributed by atoms with van der Waals surface area (Å²) in [5.41, 5.74) is 0.567. The van der Waals surface area contributed by atoms with Gasteiger partial charge in [-0.05, 0) is 49.4 Å². The van der Waals surface area contributed by atoms with E-state index in [2.05, 4.69) is 0 Å². The molecule has 0 atom stereocenters. The molecule has 0 aliphatic carbocycles. The van der Waals surface area contributed by atoms with Crippen LogP contribution in [0, 0.1) is 11.6 Å². The van der Waals surface area contributed by atoms with Crippen molar-refractivity contribution in [2.24, 2.45) is 0 Å². The standard InChI is InChI=1S/C22H24F2N2O5S/c1-2-31-22(28)15-26(14-16-13-17(23)3-8-21(16)24)32(29,30)20-6-4-18(5-7-20)25-11-9-19(27)10-12-25/h3-8,13H,2,9-12,14-15H2,1H3. The highest BCUT2D eigenvalue weighted by Crippen LogP contribution is 2.24. The molecule has 3 rings (SSSR count). The molecule has 172 valence electrons. The largest absolute Gasteiger partial charge is 0.465 e. The molecule has 0 aromatic heterocycles. The lowest BCUT2D eigenvalue weighted by molar-refractivity contribution is -0.143. The summed E-state index contributed by atoms with van der Waals surface area (Å²) < 4.78 is 59.9. The monoisotopic (exact) mass is 466 g/mol. The number of halogens is 2. The van der Waals surface area contributed by atoms with Crippen molar-refractivity contribution in [3.8, 4) is 0 Å². The Bertz CT molecular complexity index is 1080. The van der Waals surface area contributed by atoms with Gasteiger partial charge in [-0.2, -0.15) is 4.31 Å². The Balaban J connectivity index is 1.87. The van der Waals surface area contributed by atoms with Gasteiger partial charge in [0.15, 0.2) is 0 Å². The summed E-state index contributed by atoms with van der Waals surface area (Å²) in [5.74, 6) is -2.12. The van der Waals surface area contributed by atoms with Crippen LogP contribution in [0.1, 0.15) is 25.3 Å². The Morgan fingerprint density at radius 2 is 1.75 bits per heavy atom. The highest BCUT2D eigenvalue weighted by molar-refractivity contribution is 7.89. The van der Waals surface area contributed by atoms with Crippen LogP contribution in [0.3, 0.4) is 0 Å². The second kappa shape index (κ2) is 10.2. The number of Topliss-reactive ketones (excluding diaryl/α,β-unsaturated/α-hetero) is 1. The second-order valence-corrected chi connectivity index (χ2v) is 9.27. The van der Waals surface area contributed by atoms with E-state index in [0.717, 1.165) is 28.2 Å². The summed E-state index contributed by atoms with van der Waals surface area (Å²) in [6.07, 6.45) is 0.874. The summed E-state index contributed by atoms with van der Waals surface area (Å²) in [7, 11) is -4.23. The third-order valence-corrected chi connectivity index (χ3v) is 6.93. The van der Waals surface area contributed by atoms with Crippen molar-refractivity contribution in [2.45, 2.75) is 31.2 Å². The lowest BCUT2D eigenvalue weighted by atomic mass is 10.1. The maximum atomic E-state index is 14.2. The number of anilines is 1. The van der Waals surface area contributed by atoms with Crippen LogP contribution in [0.2, 0.25) is 0 Å². The lowest BCUT2D eigenvalue weighted by Gasteiger charge is -2.28. The molecule has 0 radical (unpaired) electrons. The van der Waals surface area contributed by atoms with Crippen LogP contribution in [0.4, 0.5) is 14.5 Å². The predicted molar refractivity (Wildman–Crippen MR) is 113 cm³/mol. The van der Waals surface area contributed by atoms with Crippen LogP contribution in [0.15, 0.2) is 47.4 Å². The molecule has 0 saturated carbocycles. The fourth-order valence-corrected chi connectivity index (χ4v) is 4.79. The number of hydrogen-bond acceptors (Lipinski definition) is 6. The van der Waals surface area contributed by atoms with Gasteiger partial charge in [0, 0.05) is 43.7 Å². The number of rotatable bonds is 8. The second-order valence-electron chi connectivity index (χ2n) is 7.33. The minimum Gasteiger partial charge on any atom is -0.465 e. The highest BCUT2D eigenvalue weighted by Gasteiger charge is 2.29. The van der Waals surface area contributed by atoms with E-state index in [1.54, 1.807) is 19.1 Å². The average molecular weight is 467 g/mol. The molecule has 1 saturated heterocycles. The van der Waals surface area contributed by atoms with Crippen LogP contribution in [0.5, 0.6) is 0 Å². The van der Waals surface area contributed by atoms with Gasteiger partial charge in [0.1, 0.15) is 24.0 Å². The molecular formula is C22H24F2N2O5S. The van der Waals surface area contributed by atoms with Crippen molar-refractivity contribution in [1.82, 2.24) is 4.31 Å². The molecule has 0 unspecified atom stereocenters. The summed E-state index contributed by atoms with van der Waals surface area (Å²) in [4.78, 5) is 25.3. The van der Waals surface area contributed by atoms with E-state index in [0.29, 0.717) is 25.9 Å². The summed E-state index contributed by atoms with van der Waals surface area (Å²) in [6, 6.07) is 8.74. The van der Waals surface area contributed by atoms with Crippen LogP contribution < -0.4 is 4.90 Å². The molecule has 1 aliphatic rings. The van der Waals surface area contributed by atoms with Crippen molar-refractivity contribution >= 4 is 27.5 Å². The number of sulfonamides is 1. The first-order valence-corrected chi connectivity index (χ1v) is 11.6. The first-order valence-electron chi connectivity index (χ1n) is 10.2. The van der Waals surface area contributed by atoms with Gasteiger partial charge in [-0.1, -0.05) is 0 Å². The van der Waals surface area contributed by atoms with Gasteiger partial charge in [-0.3, -0.25) is 9.59 Å². The molecule has 0 bridgehead atoms. The molecule has 2 aromatic carbocycles. The van der Waals surface area contributed by atoms with Gasteiger partial charge in [0.05, 0.1) is 11.5 Å². The van der Waals surface area contributed by atoms with Crippen LogP contribution in [-0.4, -0.2) is 50.7 Å². The molecule has 1 fully saturated rings. The van der Waals surface area contributed by atoms with Crippen molar-refractivity contribution in [3.05, 3.63) is 59.7 Å². The van der Waals surface area contributed by atoms with Gasteiger partial charge in [-0.15, -0.1) is 0 Å².